The van der Waals surface area contributed by atoms with Gasteiger partial charge in [-0.25, -0.2) is 0 Å². The number of nitrogens with one attached hydrogen (secondary N) is 1. The van der Waals surface area contributed by atoms with Crippen LogP contribution in [0.15, 0.2) is 36.4 Å². The van der Waals surface area contributed by atoms with Crippen LogP contribution < -0.4 is 15.0 Å². The average Bonchev–Trinajstić information content (AvgIpc) is 2.56. The Kier molecular flexibility index (Phi) is 4.21. The summed E-state index contributed by atoms with van der Waals surface area (Å²) >= 11 is 5.94. The minimum Gasteiger partial charge on any atom is -0.465 e. The number of carbonyl (C=O) groups excluding carboxylic acids is 2. The molecule has 1 aliphatic heterocycles. The zero-order chi connectivity index (χ0) is 18.4. The van der Waals surface area contributed by atoms with Crippen molar-refractivity contribution >= 4 is 34.8 Å². The van der Waals surface area contributed by atoms with Gasteiger partial charge in [-0.05, 0) is 62.2 Å². The first kappa shape index (κ1) is 17.3. The zero-order valence-corrected chi connectivity index (χ0v) is 15.3. The summed E-state index contributed by atoms with van der Waals surface area (Å²) in [4.78, 5) is 27.1. The van der Waals surface area contributed by atoms with Crippen molar-refractivity contribution in [2.24, 2.45) is 0 Å². The number of ether oxygens (including phenoxy) is 1. The third kappa shape index (κ3) is 2.96. The number of hydrogen-bond donors (Lipinski definition) is 1. The molecule has 2 aromatic carbocycles. The second-order valence-corrected chi connectivity index (χ2v) is 6.82. The Bertz CT molecular complexity index is 881. The Balaban J connectivity index is 1.94. The van der Waals surface area contributed by atoms with Gasteiger partial charge in [0.05, 0.1) is 5.69 Å². The number of anilines is 2. The molecule has 0 spiro atoms. The minimum atomic E-state index is -1.65. The third-order valence-corrected chi connectivity index (χ3v) is 4.61. The number of rotatable bonds is 2. The molecule has 1 N–H and O–H groups in total. The molecule has 1 aliphatic rings. The summed E-state index contributed by atoms with van der Waals surface area (Å²) in [6.07, 6.45) is 0. The molecule has 3 rings (SSSR count). The summed E-state index contributed by atoms with van der Waals surface area (Å²) in [5.41, 5.74) is 1.40. The Hall–Kier alpha value is -2.53. The molecule has 0 aromatic heterocycles. The van der Waals surface area contributed by atoms with Gasteiger partial charge in [0.1, 0.15) is 5.75 Å². The molecule has 5 nitrogen and oxygen atoms in total. The molecule has 0 aliphatic carbocycles. The fourth-order valence-electron chi connectivity index (χ4n) is 2.82. The molecular weight excluding hydrogens is 340 g/mol. The van der Waals surface area contributed by atoms with Crippen molar-refractivity contribution in [3.8, 4) is 5.75 Å². The number of benzene rings is 2. The van der Waals surface area contributed by atoms with Crippen LogP contribution in [0.3, 0.4) is 0 Å². The molecule has 2 aromatic rings. The highest BCUT2D eigenvalue weighted by Gasteiger charge is 2.49. The summed E-state index contributed by atoms with van der Waals surface area (Å²) in [5.74, 6) is -0.450. The van der Waals surface area contributed by atoms with E-state index in [1.54, 1.807) is 31.3 Å². The van der Waals surface area contributed by atoms with E-state index in [4.69, 9.17) is 16.3 Å². The van der Waals surface area contributed by atoms with Crippen molar-refractivity contribution in [2.75, 3.05) is 17.3 Å². The Labute approximate surface area is 151 Å². The predicted octanol–water partition coefficient (Wildman–Crippen LogP) is 3.71. The fourth-order valence-corrected chi connectivity index (χ4v) is 3.05. The highest BCUT2D eigenvalue weighted by atomic mass is 35.5. The maximum atomic E-state index is 12.8. The maximum Gasteiger partial charge on any atom is 0.280 e. The Morgan fingerprint density at radius 3 is 2.60 bits per heavy atom. The molecule has 1 heterocycles. The van der Waals surface area contributed by atoms with E-state index >= 15 is 0 Å². The first-order chi connectivity index (χ1) is 11.7. The number of halogens is 1. The lowest BCUT2D eigenvalue weighted by molar-refractivity contribution is -0.144. The van der Waals surface area contributed by atoms with Gasteiger partial charge in [0.25, 0.3) is 17.4 Å². The second-order valence-electron chi connectivity index (χ2n) is 6.38. The van der Waals surface area contributed by atoms with Crippen molar-refractivity contribution in [3.05, 3.63) is 52.5 Å². The van der Waals surface area contributed by atoms with Crippen LogP contribution in [0.1, 0.15) is 18.1 Å². The Morgan fingerprint density at radius 2 is 1.92 bits per heavy atom. The van der Waals surface area contributed by atoms with Gasteiger partial charge in [0, 0.05) is 17.8 Å². The lowest BCUT2D eigenvalue weighted by atomic mass is 9.99. The first-order valence-electron chi connectivity index (χ1n) is 7.88. The maximum absolute atomic E-state index is 12.8. The van der Waals surface area contributed by atoms with Crippen LogP contribution in [0.4, 0.5) is 11.4 Å². The van der Waals surface area contributed by atoms with Gasteiger partial charge in [0.2, 0.25) is 0 Å². The lowest BCUT2D eigenvalue weighted by Crippen LogP contribution is -2.59. The van der Waals surface area contributed by atoms with Gasteiger partial charge >= 0.3 is 0 Å². The molecule has 1 atom stereocenters. The van der Waals surface area contributed by atoms with Crippen LogP contribution in [0.25, 0.3) is 0 Å². The number of fused-ring (bicyclic) bond motifs is 1. The largest absolute Gasteiger partial charge is 0.465 e. The topological polar surface area (TPSA) is 58.6 Å². The van der Waals surface area contributed by atoms with Crippen LogP contribution in [0.2, 0.25) is 5.02 Å². The van der Waals surface area contributed by atoms with Crippen molar-refractivity contribution < 1.29 is 14.3 Å². The number of aryl methyl sites for hydroxylation is 2. The molecule has 0 fully saturated rings. The van der Waals surface area contributed by atoms with E-state index in [-0.39, 0.29) is 0 Å². The summed E-state index contributed by atoms with van der Waals surface area (Å²) in [6, 6.07) is 10.6. The number of likely N-dealkylation sites (N-methyl/N-ethyl adjacent to an activating group) is 1. The van der Waals surface area contributed by atoms with E-state index in [1.165, 1.54) is 11.8 Å². The number of nitrogens with zero attached hydrogens (tertiary/aromatic N) is 1. The molecule has 6 heteroatoms. The molecule has 2 amide bonds. The van der Waals surface area contributed by atoms with Crippen molar-refractivity contribution in [1.29, 1.82) is 0 Å². The summed E-state index contributed by atoms with van der Waals surface area (Å²) in [5, 5.41) is 3.35. The normalized spacial score (nSPS) is 19.2. The van der Waals surface area contributed by atoms with Crippen molar-refractivity contribution in [1.82, 2.24) is 0 Å². The van der Waals surface area contributed by atoms with Crippen molar-refractivity contribution in [2.45, 2.75) is 26.4 Å². The number of amides is 2. The standard InChI is InChI=1S/C19H19ClN2O3/c1-11-5-8-16-15(9-11)22(4)18(24)19(3,25-16)17(23)21-14-7-6-13(20)10-12(14)2/h5-10H,1-4H3,(H,21,23). The minimum absolute atomic E-state index is 0.422. The predicted molar refractivity (Wildman–Crippen MR) is 98.4 cm³/mol. The van der Waals surface area contributed by atoms with Crippen LogP contribution in [0, 0.1) is 13.8 Å². The molecule has 130 valence electrons. The molecule has 25 heavy (non-hydrogen) atoms. The first-order valence-corrected chi connectivity index (χ1v) is 8.25. The van der Waals surface area contributed by atoms with Gasteiger partial charge in [-0.2, -0.15) is 0 Å². The van der Waals surface area contributed by atoms with Crippen LogP contribution in [0.5, 0.6) is 5.75 Å². The van der Waals surface area contributed by atoms with Crippen LogP contribution in [-0.2, 0) is 9.59 Å². The van der Waals surface area contributed by atoms with Gasteiger partial charge in [-0.3, -0.25) is 9.59 Å². The molecule has 0 bridgehead atoms. The van der Waals surface area contributed by atoms with Gasteiger partial charge in [-0.1, -0.05) is 17.7 Å². The summed E-state index contributed by atoms with van der Waals surface area (Å²) in [7, 11) is 1.64. The van der Waals surface area contributed by atoms with Crippen LogP contribution in [-0.4, -0.2) is 24.5 Å². The van der Waals surface area contributed by atoms with E-state index in [0.29, 0.717) is 22.1 Å². The molecule has 0 saturated heterocycles. The van der Waals surface area contributed by atoms with E-state index in [1.807, 2.05) is 26.0 Å². The van der Waals surface area contributed by atoms with Gasteiger partial charge in [0.15, 0.2) is 0 Å². The van der Waals surface area contributed by atoms with E-state index in [9.17, 15) is 9.59 Å². The highest BCUT2D eigenvalue weighted by molar-refractivity contribution is 6.30. The number of hydrogen-bond acceptors (Lipinski definition) is 3. The number of carbonyl (C=O) groups is 2. The lowest BCUT2D eigenvalue weighted by Gasteiger charge is -2.38. The van der Waals surface area contributed by atoms with Gasteiger partial charge < -0.3 is 15.0 Å². The van der Waals surface area contributed by atoms with E-state index in [0.717, 1.165) is 11.1 Å². The van der Waals surface area contributed by atoms with Crippen molar-refractivity contribution in [3.63, 3.8) is 0 Å². The molecular formula is C19H19ClN2O3. The van der Waals surface area contributed by atoms with E-state index < -0.39 is 17.4 Å². The SMILES string of the molecule is Cc1ccc2c(c1)N(C)C(=O)C(C)(C(=O)Nc1ccc(Cl)cc1C)O2. The fraction of sp³-hybridized carbons (Fsp3) is 0.263. The highest BCUT2D eigenvalue weighted by Crippen LogP contribution is 2.38. The summed E-state index contributed by atoms with van der Waals surface area (Å²) in [6.45, 7) is 5.25. The molecule has 1 unspecified atom stereocenters. The van der Waals surface area contributed by atoms with E-state index in [2.05, 4.69) is 5.32 Å². The Morgan fingerprint density at radius 1 is 1.20 bits per heavy atom. The van der Waals surface area contributed by atoms with Gasteiger partial charge in [-0.15, -0.1) is 0 Å². The third-order valence-electron chi connectivity index (χ3n) is 4.37. The molecule has 0 radical (unpaired) electrons. The summed E-state index contributed by atoms with van der Waals surface area (Å²) < 4.78 is 5.83. The quantitative estimate of drug-likeness (QED) is 0.832. The van der Waals surface area contributed by atoms with Crippen LogP contribution >= 0.6 is 11.6 Å². The smallest absolute Gasteiger partial charge is 0.280 e. The average molecular weight is 359 g/mol. The molecule has 0 saturated carbocycles. The zero-order valence-electron chi connectivity index (χ0n) is 14.5. The second kappa shape index (κ2) is 6.08. The monoisotopic (exact) mass is 358 g/mol.